The van der Waals surface area contributed by atoms with Crippen molar-refractivity contribution in [2.75, 3.05) is 46.8 Å². The molecule has 0 bridgehead atoms. The van der Waals surface area contributed by atoms with Crippen LogP contribution in [0.3, 0.4) is 0 Å². The first kappa shape index (κ1) is 49.7. The molecule has 56 heavy (non-hydrogen) atoms. The summed E-state index contributed by atoms with van der Waals surface area (Å²) < 4.78 is 67.8. The molecule has 0 saturated carbocycles. The minimum Gasteiger partial charge on any atom is -0.497 e. The van der Waals surface area contributed by atoms with Gasteiger partial charge in [0.25, 0.3) is 0 Å². The number of unbranched alkanes of at least 4 members (excludes halogenated alkanes) is 4. The van der Waals surface area contributed by atoms with Gasteiger partial charge in [0.2, 0.25) is 3.79 Å². The Morgan fingerprint density at radius 2 is 1.61 bits per heavy atom. The minimum absolute atomic E-state index is 0.0266. The number of halogens is 3. The number of aliphatic hydroxyl groups is 1. The highest BCUT2D eigenvalue weighted by molar-refractivity contribution is 7.48. The first-order valence-corrected chi connectivity index (χ1v) is 20.8. The molecule has 1 aliphatic rings. The van der Waals surface area contributed by atoms with Crippen LogP contribution < -0.4 is 10.1 Å². The quantitative estimate of drug-likeness (QED) is 0.0271. The zero-order valence-electron chi connectivity index (χ0n) is 31.9. The summed E-state index contributed by atoms with van der Waals surface area (Å²) in [5, 5.41) is 13.7. The van der Waals surface area contributed by atoms with Crippen molar-refractivity contribution in [3.63, 3.8) is 0 Å². The maximum atomic E-state index is 14.0. The van der Waals surface area contributed by atoms with Gasteiger partial charge in [-0.15, -0.1) is 13.2 Å². The molecule has 0 radical (unpaired) electrons. The molecule has 0 spiro atoms. The third kappa shape index (κ3) is 19.8. The fourth-order valence-electron chi connectivity index (χ4n) is 5.27. The second-order valence-corrected chi connectivity index (χ2v) is 16.5. The first-order valence-electron chi connectivity index (χ1n) is 18.2. The van der Waals surface area contributed by atoms with Gasteiger partial charge >= 0.3 is 20.1 Å². The molecule has 15 nitrogen and oxygen atoms in total. The Labute approximate surface area is 344 Å². The van der Waals surface area contributed by atoms with Gasteiger partial charge in [0, 0.05) is 6.61 Å². The maximum absolute atomic E-state index is 14.0. The zero-order chi connectivity index (χ0) is 41.4. The summed E-state index contributed by atoms with van der Waals surface area (Å²) >= 11 is 17.3. The Morgan fingerprint density at radius 1 is 0.946 bits per heavy atom. The highest BCUT2D eigenvalue weighted by Gasteiger charge is 2.51. The van der Waals surface area contributed by atoms with Gasteiger partial charge in [-0.1, -0.05) is 111 Å². The minimum atomic E-state index is -4.50. The number of hydrogen-bond donors (Lipinski definition) is 2. The van der Waals surface area contributed by atoms with E-state index in [0.717, 1.165) is 43.4 Å². The van der Waals surface area contributed by atoms with Crippen LogP contribution >= 0.6 is 42.6 Å². The number of rotatable bonds is 28. The number of methoxy groups -OCH3 is 1. The second kappa shape index (κ2) is 27.3. The number of alkyl halides is 3. The Balaban J connectivity index is 2.45. The number of alkyl carbamates (subject to hydrolysis) is 1. The fraction of sp³-hybridized carbons (Fsp3) is 0.622. The maximum Gasteiger partial charge on any atom is 0.508 e. The van der Waals surface area contributed by atoms with E-state index in [2.05, 4.69) is 32.0 Å². The van der Waals surface area contributed by atoms with Gasteiger partial charge in [-0.05, 0) is 30.5 Å². The van der Waals surface area contributed by atoms with E-state index in [1.807, 2.05) is 24.3 Å². The van der Waals surface area contributed by atoms with Crippen molar-refractivity contribution >= 4 is 54.9 Å². The molecule has 2 rings (SSSR count). The van der Waals surface area contributed by atoms with Crippen molar-refractivity contribution in [1.82, 2.24) is 5.32 Å². The van der Waals surface area contributed by atoms with Crippen molar-refractivity contribution in [3.05, 3.63) is 67.8 Å². The number of phosphoric ester groups is 1. The van der Waals surface area contributed by atoms with Crippen LogP contribution in [-0.2, 0) is 53.2 Å². The summed E-state index contributed by atoms with van der Waals surface area (Å²) in [6.07, 6.45) is 1.63. The molecule has 318 valence electrons. The smallest absolute Gasteiger partial charge is 0.497 e. The van der Waals surface area contributed by atoms with E-state index in [1.165, 1.54) is 18.2 Å². The van der Waals surface area contributed by atoms with Gasteiger partial charge in [-0.3, -0.25) is 13.6 Å². The number of amides is 1. The van der Waals surface area contributed by atoms with Crippen LogP contribution in [0.2, 0.25) is 0 Å². The molecule has 2 N–H and O–H groups in total. The van der Waals surface area contributed by atoms with Crippen LogP contribution in [0, 0.1) is 0 Å². The molecule has 6 atom stereocenters. The summed E-state index contributed by atoms with van der Waals surface area (Å²) in [5.74, 6) is 0.719. The van der Waals surface area contributed by atoms with Gasteiger partial charge in [-0.2, -0.15) is 0 Å². The van der Waals surface area contributed by atoms with Crippen molar-refractivity contribution in [3.8, 4) is 5.75 Å². The number of hydrogen-bond acceptors (Lipinski definition) is 14. The molecule has 0 aromatic heterocycles. The number of aliphatic hydroxyl groups excluding tert-OH is 1. The van der Waals surface area contributed by atoms with Crippen LogP contribution in [0.1, 0.15) is 57.4 Å². The Bertz CT molecular complexity index is 1350. The molecule has 1 fully saturated rings. The van der Waals surface area contributed by atoms with Crippen molar-refractivity contribution in [2.24, 2.45) is 0 Å². The predicted octanol–water partition coefficient (Wildman–Crippen LogP) is 8.14. The van der Waals surface area contributed by atoms with E-state index < -0.39 is 67.7 Å². The van der Waals surface area contributed by atoms with Crippen LogP contribution in [-0.4, -0.2) is 105 Å². The number of benzene rings is 1. The Hall–Kier alpha value is -2.40. The molecule has 1 aliphatic heterocycles. The number of carbonyl (C=O) groups excluding carboxylic acids is 2. The van der Waals surface area contributed by atoms with Crippen LogP contribution in [0.25, 0.3) is 0 Å². The lowest BCUT2D eigenvalue weighted by Crippen LogP contribution is -2.65. The van der Waals surface area contributed by atoms with Crippen molar-refractivity contribution in [1.29, 1.82) is 0 Å². The monoisotopic (exact) mass is 873 g/mol. The molecule has 1 aromatic rings. The van der Waals surface area contributed by atoms with Gasteiger partial charge in [0.1, 0.15) is 49.9 Å². The van der Waals surface area contributed by atoms with Crippen LogP contribution in [0.15, 0.2) is 62.2 Å². The summed E-state index contributed by atoms with van der Waals surface area (Å²) in [6.45, 7) is 11.1. The highest BCUT2D eigenvalue weighted by atomic mass is 35.6. The average Bonchev–Trinajstić information content (AvgIpc) is 3.17. The standard InChI is InChI=1S/C37H55Cl3NO14P/c1-6-10-11-12-13-14-29(49-24-27-15-17-28(46-5)18-16-27)19-23-47-33-31(41-35(43)51-26-37(38,39)40)34(42)54-30(25-50-36(44)48-20-7-2)32(33)55-56(45,52-21-8-3)53-22-9-4/h7-9,15-18,29-34,42H,2-4,6,10-14,19-26H2,1,5H3,(H,41,43)/t29-,30-,31-,32-,33-,34?/m1/s1. The van der Waals surface area contributed by atoms with E-state index in [9.17, 15) is 19.3 Å². The predicted molar refractivity (Wildman–Crippen MR) is 211 cm³/mol. The molecule has 0 aliphatic carbocycles. The first-order chi connectivity index (χ1) is 26.8. The summed E-state index contributed by atoms with van der Waals surface area (Å²) in [5.41, 5.74) is 0.936. The number of carbonyl (C=O) groups is 2. The lowest BCUT2D eigenvalue weighted by atomic mass is 9.96. The zero-order valence-corrected chi connectivity index (χ0v) is 35.0. The molecule has 19 heteroatoms. The SMILES string of the molecule is C=CCOC(=O)OC[C@H]1OC(O)[C@H](NC(=O)OCC(Cl)(Cl)Cl)[C@@H](OCC[C@@H](CCCCCCC)OCc2ccc(OC)cc2)[C@@H]1OP(=O)(OCC=C)OCC=C. The van der Waals surface area contributed by atoms with E-state index in [4.69, 9.17) is 81.5 Å². The summed E-state index contributed by atoms with van der Waals surface area (Å²) in [6, 6.07) is 6.05. The largest absolute Gasteiger partial charge is 0.508 e. The molecule has 1 unspecified atom stereocenters. The van der Waals surface area contributed by atoms with Crippen molar-refractivity contribution < 1.29 is 66.0 Å². The van der Waals surface area contributed by atoms with Crippen LogP contribution in [0.5, 0.6) is 5.75 Å². The van der Waals surface area contributed by atoms with Gasteiger partial charge in [0.05, 0.1) is 33.0 Å². The van der Waals surface area contributed by atoms with Gasteiger partial charge in [-0.25, -0.2) is 14.2 Å². The third-order valence-electron chi connectivity index (χ3n) is 7.98. The number of ether oxygens (including phenoxy) is 7. The molecule has 1 heterocycles. The molecule has 1 aromatic carbocycles. The second-order valence-electron chi connectivity index (χ2n) is 12.4. The van der Waals surface area contributed by atoms with E-state index in [1.54, 1.807) is 7.11 Å². The Kier molecular flexibility index (Phi) is 24.3. The van der Waals surface area contributed by atoms with E-state index in [0.29, 0.717) is 19.4 Å². The fourth-order valence-corrected chi connectivity index (χ4v) is 6.76. The van der Waals surface area contributed by atoms with E-state index >= 15 is 0 Å². The lowest BCUT2D eigenvalue weighted by Gasteiger charge is -2.44. The molecule has 1 amide bonds. The number of nitrogens with one attached hydrogen (secondary N) is 1. The van der Waals surface area contributed by atoms with Crippen molar-refractivity contribution in [2.45, 2.75) is 99.0 Å². The third-order valence-corrected chi connectivity index (χ3v) is 9.74. The average molecular weight is 875 g/mol. The van der Waals surface area contributed by atoms with Gasteiger partial charge in [0.15, 0.2) is 6.29 Å². The lowest BCUT2D eigenvalue weighted by molar-refractivity contribution is -0.259. The molecule has 1 saturated heterocycles. The molecular weight excluding hydrogens is 820 g/mol. The van der Waals surface area contributed by atoms with Crippen LogP contribution in [0.4, 0.5) is 9.59 Å². The van der Waals surface area contributed by atoms with Gasteiger partial charge < -0.3 is 43.6 Å². The Morgan fingerprint density at radius 3 is 2.21 bits per heavy atom. The normalized spacial score (nSPS) is 20.4. The summed E-state index contributed by atoms with van der Waals surface area (Å²) in [4.78, 5) is 25.2. The highest BCUT2D eigenvalue weighted by Crippen LogP contribution is 2.52. The summed E-state index contributed by atoms with van der Waals surface area (Å²) in [7, 11) is -2.91. The number of phosphoric acid groups is 1. The molecular formula is C37H55Cl3NO14P. The van der Waals surface area contributed by atoms with E-state index in [-0.39, 0.29) is 32.5 Å². The topological polar surface area (TPSA) is 176 Å².